The number of non-ortho nitro benzene ring substituents is 1. The predicted molar refractivity (Wildman–Crippen MR) is 124 cm³/mol. The van der Waals surface area contributed by atoms with Crippen molar-refractivity contribution in [3.05, 3.63) is 58.2 Å². The van der Waals surface area contributed by atoms with E-state index < -0.39 is 10.8 Å². The summed E-state index contributed by atoms with van der Waals surface area (Å²) in [4.78, 5) is 22.4. The zero-order valence-corrected chi connectivity index (χ0v) is 18.9. The van der Waals surface area contributed by atoms with E-state index in [4.69, 9.17) is 18.6 Å². The summed E-state index contributed by atoms with van der Waals surface area (Å²) in [5.41, 5.74) is 1.12. The van der Waals surface area contributed by atoms with Gasteiger partial charge in [0.15, 0.2) is 11.5 Å². The number of nitrogens with one attached hydrogen (secondary N) is 1. The van der Waals surface area contributed by atoms with E-state index in [1.165, 1.54) is 36.4 Å². The first-order valence-corrected chi connectivity index (χ1v) is 10.6. The third kappa shape index (κ3) is 6.09. The van der Waals surface area contributed by atoms with Crippen LogP contribution in [0.3, 0.4) is 0 Å². The van der Waals surface area contributed by atoms with E-state index in [0.717, 1.165) is 0 Å². The molecular formula is C23H24N4O7. The van der Waals surface area contributed by atoms with Gasteiger partial charge in [0, 0.05) is 23.8 Å². The summed E-state index contributed by atoms with van der Waals surface area (Å²) in [6, 6.07) is 9.07. The van der Waals surface area contributed by atoms with Crippen LogP contribution in [-0.4, -0.2) is 40.8 Å². The molecule has 178 valence electrons. The monoisotopic (exact) mass is 468 g/mol. The summed E-state index contributed by atoms with van der Waals surface area (Å²) in [6.45, 7) is 6.84. The molecule has 0 spiro atoms. The van der Waals surface area contributed by atoms with Crippen LogP contribution >= 0.6 is 0 Å². The number of hydrogen-bond acceptors (Lipinski definition) is 9. The van der Waals surface area contributed by atoms with Gasteiger partial charge in [-0.1, -0.05) is 5.10 Å². The van der Waals surface area contributed by atoms with E-state index in [1.54, 1.807) is 12.1 Å². The molecule has 1 aromatic heterocycles. The van der Waals surface area contributed by atoms with Crippen LogP contribution in [0.25, 0.3) is 17.5 Å². The van der Waals surface area contributed by atoms with Crippen molar-refractivity contribution in [3.8, 4) is 28.7 Å². The van der Waals surface area contributed by atoms with Crippen LogP contribution in [-0.2, 0) is 4.79 Å². The molecule has 0 saturated carbocycles. The Kier molecular flexibility index (Phi) is 8.16. The lowest BCUT2D eigenvalue weighted by atomic mass is 10.2. The molecule has 11 heteroatoms. The van der Waals surface area contributed by atoms with Crippen molar-refractivity contribution in [2.45, 2.75) is 20.8 Å². The Bertz CT molecular complexity index is 1150. The van der Waals surface area contributed by atoms with Gasteiger partial charge in [0.25, 0.3) is 11.6 Å². The summed E-state index contributed by atoms with van der Waals surface area (Å²) in [5, 5.41) is 21.0. The van der Waals surface area contributed by atoms with E-state index in [1.807, 2.05) is 20.8 Å². The number of amides is 1. The maximum absolute atomic E-state index is 12.2. The Balaban J connectivity index is 1.76. The zero-order chi connectivity index (χ0) is 24.5. The van der Waals surface area contributed by atoms with Crippen molar-refractivity contribution in [2.75, 3.05) is 25.1 Å². The van der Waals surface area contributed by atoms with Crippen LogP contribution in [0.1, 0.15) is 26.3 Å². The molecule has 0 atom stereocenters. The van der Waals surface area contributed by atoms with Crippen molar-refractivity contribution in [1.29, 1.82) is 0 Å². The Labute approximate surface area is 195 Å². The highest BCUT2D eigenvalue weighted by atomic mass is 16.6. The molecular weight excluding hydrogens is 444 g/mol. The number of nitrogens with zero attached hydrogens (tertiary/aromatic N) is 3. The number of ether oxygens (including phenoxy) is 3. The molecule has 1 N–H and O–H groups in total. The van der Waals surface area contributed by atoms with Gasteiger partial charge in [0.05, 0.1) is 24.7 Å². The Morgan fingerprint density at radius 1 is 1.03 bits per heavy atom. The van der Waals surface area contributed by atoms with Gasteiger partial charge in [-0.25, -0.2) is 0 Å². The normalized spacial score (nSPS) is 10.8. The first kappa shape index (κ1) is 24.2. The van der Waals surface area contributed by atoms with Gasteiger partial charge in [-0.05, 0) is 56.7 Å². The summed E-state index contributed by atoms with van der Waals surface area (Å²) in [6.07, 6.45) is 2.76. The topological polar surface area (TPSA) is 139 Å². The summed E-state index contributed by atoms with van der Waals surface area (Å²) in [5.74, 6) is 1.07. The number of nitro groups is 1. The van der Waals surface area contributed by atoms with Crippen molar-refractivity contribution >= 4 is 23.7 Å². The first-order chi connectivity index (χ1) is 16.4. The average molecular weight is 468 g/mol. The van der Waals surface area contributed by atoms with Gasteiger partial charge < -0.3 is 18.6 Å². The number of rotatable bonds is 11. The van der Waals surface area contributed by atoms with Crippen LogP contribution in [0.15, 0.2) is 46.9 Å². The second-order valence-corrected chi connectivity index (χ2v) is 6.68. The van der Waals surface area contributed by atoms with Crippen LogP contribution in [0.5, 0.6) is 17.2 Å². The molecule has 3 rings (SSSR count). The van der Waals surface area contributed by atoms with Crippen molar-refractivity contribution in [3.63, 3.8) is 0 Å². The highest BCUT2D eigenvalue weighted by Gasteiger charge is 2.19. The molecule has 1 amide bonds. The van der Waals surface area contributed by atoms with E-state index in [0.29, 0.717) is 48.2 Å². The number of benzene rings is 2. The molecule has 0 radical (unpaired) electrons. The lowest BCUT2D eigenvalue weighted by Crippen LogP contribution is -2.07. The fourth-order valence-electron chi connectivity index (χ4n) is 2.93. The Morgan fingerprint density at radius 2 is 1.65 bits per heavy atom. The van der Waals surface area contributed by atoms with Crippen molar-refractivity contribution < 1.29 is 28.3 Å². The smallest absolute Gasteiger partial charge is 0.322 e. The lowest BCUT2D eigenvalue weighted by molar-refractivity contribution is -0.384. The molecule has 0 aliphatic rings. The molecule has 0 saturated heterocycles. The van der Waals surface area contributed by atoms with Gasteiger partial charge in [0.1, 0.15) is 0 Å². The van der Waals surface area contributed by atoms with Crippen LogP contribution in [0.2, 0.25) is 0 Å². The van der Waals surface area contributed by atoms with Gasteiger partial charge in [-0.15, -0.1) is 5.10 Å². The highest BCUT2D eigenvalue weighted by molar-refractivity contribution is 6.00. The second-order valence-electron chi connectivity index (χ2n) is 6.68. The Hall–Kier alpha value is -4.41. The molecule has 0 aliphatic heterocycles. The highest BCUT2D eigenvalue weighted by Crippen LogP contribution is 2.41. The SMILES string of the molecule is CCOc1cc(-c2nnc(NC(=O)C=Cc3ccc([N+](=O)[O-])cc3)o2)cc(OCC)c1OCC. The first-order valence-electron chi connectivity index (χ1n) is 10.6. The number of anilines is 1. The third-order valence-corrected chi connectivity index (χ3v) is 4.34. The summed E-state index contributed by atoms with van der Waals surface area (Å²) < 4.78 is 22.7. The van der Waals surface area contributed by atoms with E-state index in [9.17, 15) is 14.9 Å². The van der Waals surface area contributed by atoms with E-state index >= 15 is 0 Å². The lowest BCUT2D eigenvalue weighted by Gasteiger charge is -2.16. The maximum atomic E-state index is 12.2. The van der Waals surface area contributed by atoms with Crippen molar-refractivity contribution in [2.24, 2.45) is 0 Å². The zero-order valence-electron chi connectivity index (χ0n) is 18.9. The number of nitro benzene ring substituents is 1. The maximum Gasteiger partial charge on any atom is 0.322 e. The minimum absolute atomic E-state index is 0.0331. The molecule has 0 unspecified atom stereocenters. The second kappa shape index (κ2) is 11.5. The number of carbonyl (C=O) groups is 1. The largest absolute Gasteiger partial charge is 0.490 e. The van der Waals surface area contributed by atoms with E-state index in [2.05, 4.69) is 15.5 Å². The van der Waals surface area contributed by atoms with E-state index in [-0.39, 0.29) is 17.6 Å². The molecule has 0 aliphatic carbocycles. The summed E-state index contributed by atoms with van der Waals surface area (Å²) in [7, 11) is 0. The third-order valence-electron chi connectivity index (χ3n) is 4.34. The molecule has 34 heavy (non-hydrogen) atoms. The van der Waals surface area contributed by atoms with Crippen LogP contribution in [0.4, 0.5) is 11.7 Å². The molecule has 3 aromatic rings. The number of carbonyl (C=O) groups excluding carboxylic acids is 1. The van der Waals surface area contributed by atoms with Gasteiger partial charge in [-0.2, -0.15) is 0 Å². The van der Waals surface area contributed by atoms with Crippen LogP contribution in [0, 0.1) is 10.1 Å². The van der Waals surface area contributed by atoms with Crippen LogP contribution < -0.4 is 19.5 Å². The standard InChI is InChI=1S/C23H24N4O7/c1-4-31-18-13-16(14-19(32-5-2)21(18)33-6-3)22-25-26-23(34-22)24-20(28)12-9-15-7-10-17(11-8-15)27(29)30/h7-14H,4-6H2,1-3H3,(H,24,26,28). The number of aromatic nitrogens is 2. The summed E-state index contributed by atoms with van der Waals surface area (Å²) >= 11 is 0. The molecule has 1 heterocycles. The van der Waals surface area contributed by atoms with Crippen molar-refractivity contribution in [1.82, 2.24) is 10.2 Å². The fraction of sp³-hybridized carbons (Fsp3) is 0.261. The molecule has 2 aromatic carbocycles. The average Bonchev–Trinajstić information content (AvgIpc) is 3.28. The molecule has 0 bridgehead atoms. The number of hydrogen-bond donors (Lipinski definition) is 1. The molecule has 11 nitrogen and oxygen atoms in total. The minimum Gasteiger partial charge on any atom is -0.490 e. The van der Waals surface area contributed by atoms with Gasteiger partial charge in [0.2, 0.25) is 11.6 Å². The van der Waals surface area contributed by atoms with Gasteiger partial charge in [-0.3, -0.25) is 20.2 Å². The predicted octanol–water partition coefficient (Wildman–Crippen LogP) is 4.49. The Morgan fingerprint density at radius 3 is 2.21 bits per heavy atom. The molecule has 0 fully saturated rings. The fourth-order valence-corrected chi connectivity index (χ4v) is 2.93. The minimum atomic E-state index is -0.509. The van der Waals surface area contributed by atoms with Gasteiger partial charge >= 0.3 is 6.01 Å². The quantitative estimate of drug-likeness (QED) is 0.245.